The molecule has 0 unspecified atom stereocenters. The zero-order valence-corrected chi connectivity index (χ0v) is 13.8. The number of rotatable bonds is 1. The van der Waals surface area contributed by atoms with E-state index in [1.807, 2.05) is 0 Å². The van der Waals surface area contributed by atoms with Crippen LogP contribution in [0.25, 0.3) is 0 Å². The van der Waals surface area contributed by atoms with Crippen LogP contribution in [-0.2, 0) is 0 Å². The van der Waals surface area contributed by atoms with Crippen LogP contribution in [0, 0.1) is 6.92 Å². The summed E-state index contributed by atoms with van der Waals surface area (Å²) in [6.45, 7) is 1.55. The Morgan fingerprint density at radius 3 is 2.15 bits per heavy atom. The first-order valence-corrected chi connectivity index (χ1v) is 7.58. The largest absolute Gasteiger partial charge is 0.443 e. The Morgan fingerprint density at radius 1 is 0.962 bits per heavy atom. The normalized spacial score (nSPS) is 19.5. The van der Waals surface area contributed by atoms with Crippen molar-refractivity contribution in [2.45, 2.75) is 24.9 Å². The van der Waals surface area contributed by atoms with E-state index in [2.05, 4.69) is 9.98 Å². The summed E-state index contributed by atoms with van der Waals surface area (Å²) >= 11 is 5.86. The molecule has 3 nitrogen and oxygen atoms in total. The molecular weight excluding hydrogens is 384 g/mol. The van der Waals surface area contributed by atoms with Crippen molar-refractivity contribution in [1.82, 2.24) is 4.90 Å². The molecule has 0 amide bonds. The fraction of sp³-hybridized carbons (Fsp3) is 0.250. The molecule has 0 aromatic heterocycles. The molecule has 0 atom stereocenters. The Bertz CT molecular complexity index is 849. The van der Waals surface area contributed by atoms with E-state index in [9.17, 15) is 26.3 Å². The molecule has 3 rings (SSSR count). The summed E-state index contributed by atoms with van der Waals surface area (Å²) in [6.07, 6.45) is -8.24. The number of alkyl halides is 6. The molecule has 2 heterocycles. The van der Waals surface area contributed by atoms with Crippen molar-refractivity contribution in [3.63, 3.8) is 0 Å². The highest BCUT2D eigenvalue weighted by atomic mass is 35.5. The number of fused-ring (bicyclic) bond motifs is 1. The van der Waals surface area contributed by atoms with Gasteiger partial charge in [0.15, 0.2) is 0 Å². The lowest BCUT2D eigenvalue weighted by Crippen LogP contribution is -2.59. The minimum Gasteiger partial charge on any atom is -0.284 e. The van der Waals surface area contributed by atoms with Gasteiger partial charge in [0.2, 0.25) is 0 Å². The lowest BCUT2D eigenvalue weighted by atomic mass is 10.0. The van der Waals surface area contributed by atoms with Gasteiger partial charge in [0.25, 0.3) is 0 Å². The monoisotopic (exact) mass is 393 g/mol. The minimum atomic E-state index is -5.78. The number of halogens is 7. The van der Waals surface area contributed by atoms with Crippen LogP contribution in [0.15, 0.2) is 57.6 Å². The van der Waals surface area contributed by atoms with Crippen LogP contribution < -0.4 is 0 Å². The summed E-state index contributed by atoms with van der Waals surface area (Å²) in [5, 5.41) is 0.108. The van der Waals surface area contributed by atoms with Crippen molar-refractivity contribution in [2.75, 3.05) is 0 Å². The van der Waals surface area contributed by atoms with E-state index in [4.69, 9.17) is 11.6 Å². The fourth-order valence-corrected chi connectivity index (χ4v) is 2.71. The van der Waals surface area contributed by atoms with Crippen molar-refractivity contribution < 1.29 is 26.3 Å². The summed E-state index contributed by atoms with van der Waals surface area (Å²) in [4.78, 5) is 7.02. The second-order valence-corrected chi connectivity index (χ2v) is 6.04. The van der Waals surface area contributed by atoms with Crippen LogP contribution in [0.3, 0.4) is 0 Å². The number of allylic oxidation sites excluding steroid dienone is 2. The summed E-state index contributed by atoms with van der Waals surface area (Å²) in [7, 11) is 0. The van der Waals surface area contributed by atoms with Crippen molar-refractivity contribution in [1.29, 1.82) is 0 Å². The maximum atomic E-state index is 13.5. The topological polar surface area (TPSA) is 28.0 Å². The van der Waals surface area contributed by atoms with Crippen LogP contribution in [-0.4, -0.2) is 34.6 Å². The van der Waals surface area contributed by atoms with Gasteiger partial charge in [-0.2, -0.15) is 26.3 Å². The van der Waals surface area contributed by atoms with E-state index in [0.29, 0.717) is 5.56 Å². The third kappa shape index (κ3) is 2.80. The highest BCUT2D eigenvalue weighted by Gasteiger charge is 2.73. The average molecular weight is 394 g/mol. The molecule has 138 valence electrons. The fourth-order valence-electron chi connectivity index (χ4n) is 2.55. The van der Waals surface area contributed by atoms with Gasteiger partial charge in [0, 0.05) is 11.8 Å². The Hall–Kier alpha value is -2.29. The van der Waals surface area contributed by atoms with Gasteiger partial charge >= 0.3 is 18.0 Å². The summed E-state index contributed by atoms with van der Waals surface area (Å²) in [5.41, 5.74) is -4.04. The molecule has 1 aromatic carbocycles. The molecule has 0 aliphatic carbocycles. The Balaban J connectivity index is 2.34. The SMILES string of the molecule is Cc1ccccc1C1=NC(C(F)(F)F)(C(F)(F)F)N=C2C=CC(Cl)=CN21. The second-order valence-electron chi connectivity index (χ2n) is 5.61. The number of aryl methyl sites for hydroxylation is 1. The molecule has 26 heavy (non-hydrogen) atoms. The van der Waals surface area contributed by atoms with E-state index in [1.54, 1.807) is 19.1 Å². The Labute approximate surface area is 149 Å². The van der Waals surface area contributed by atoms with Gasteiger partial charge in [-0.1, -0.05) is 35.9 Å². The highest BCUT2D eigenvalue weighted by molar-refractivity contribution is 6.32. The van der Waals surface area contributed by atoms with Crippen molar-refractivity contribution in [2.24, 2.45) is 9.98 Å². The quantitative estimate of drug-likeness (QED) is 0.622. The molecule has 10 heteroatoms. The zero-order valence-electron chi connectivity index (χ0n) is 13.0. The van der Waals surface area contributed by atoms with Crippen LogP contribution in [0.4, 0.5) is 26.3 Å². The first-order valence-electron chi connectivity index (χ1n) is 7.20. The molecule has 2 aliphatic rings. The number of nitrogens with zero attached hydrogens (tertiary/aromatic N) is 3. The van der Waals surface area contributed by atoms with Crippen LogP contribution in [0.2, 0.25) is 0 Å². The van der Waals surface area contributed by atoms with E-state index in [1.165, 1.54) is 18.3 Å². The van der Waals surface area contributed by atoms with Crippen molar-refractivity contribution >= 4 is 23.3 Å². The number of aliphatic imine (C=N–C) groups is 2. The van der Waals surface area contributed by atoms with Crippen molar-refractivity contribution in [3.05, 3.63) is 58.8 Å². The van der Waals surface area contributed by atoms with Crippen molar-refractivity contribution in [3.8, 4) is 0 Å². The summed E-state index contributed by atoms with van der Waals surface area (Å²) in [5.74, 6) is -1.09. The zero-order chi connectivity index (χ0) is 19.3. The highest BCUT2D eigenvalue weighted by Crippen LogP contribution is 2.49. The second kappa shape index (κ2) is 5.87. The number of amidine groups is 2. The molecule has 0 radical (unpaired) electrons. The maximum Gasteiger partial charge on any atom is 0.443 e. The Morgan fingerprint density at radius 2 is 1.58 bits per heavy atom. The minimum absolute atomic E-state index is 0.105. The van der Waals surface area contributed by atoms with E-state index < -0.39 is 29.7 Å². The number of hydrogen-bond donors (Lipinski definition) is 0. The standard InChI is InChI=1S/C16H10ClF6N3/c1-9-4-2-3-5-11(9)13-25-14(15(18,19)20,16(21,22)23)24-12-7-6-10(17)8-26(12)13/h2-8H,1H3. The van der Waals surface area contributed by atoms with Gasteiger partial charge in [0.1, 0.15) is 11.7 Å². The average Bonchev–Trinajstić information content (AvgIpc) is 2.52. The van der Waals surface area contributed by atoms with Gasteiger partial charge in [0.05, 0.1) is 5.03 Å². The number of benzene rings is 1. The van der Waals surface area contributed by atoms with Gasteiger partial charge in [-0.25, -0.2) is 9.98 Å². The lowest BCUT2D eigenvalue weighted by molar-refractivity contribution is -0.292. The van der Waals surface area contributed by atoms with Gasteiger partial charge in [-0.05, 0) is 24.6 Å². The van der Waals surface area contributed by atoms with Gasteiger partial charge in [-0.15, -0.1) is 0 Å². The molecule has 0 saturated carbocycles. The molecule has 0 saturated heterocycles. The predicted octanol–water partition coefficient (Wildman–Crippen LogP) is 4.93. The summed E-state index contributed by atoms with van der Waals surface area (Å²) < 4.78 is 81.0. The van der Waals surface area contributed by atoms with Crippen LogP contribution in [0.1, 0.15) is 11.1 Å². The van der Waals surface area contributed by atoms with Gasteiger partial charge < -0.3 is 0 Å². The molecule has 1 aromatic rings. The molecule has 0 N–H and O–H groups in total. The van der Waals surface area contributed by atoms with E-state index >= 15 is 0 Å². The third-order valence-electron chi connectivity index (χ3n) is 3.84. The molecule has 0 spiro atoms. The summed E-state index contributed by atoms with van der Waals surface area (Å²) in [6, 6.07) is 6.03. The lowest BCUT2D eigenvalue weighted by Gasteiger charge is -2.38. The smallest absolute Gasteiger partial charge is 0.284 e. The molecule has 0 bridgehead atoms. The Kier molecular flexibility index (Phi) is 4.18. The van der Waals surface area contributed by atoms with Gasteiger partial charge in [-0.3, -0.25) is 4.90 Å². The molecule has 2 aliphatic heterocycles. The van der Waals surface area contributed by atoms with E-state index in [-0.39, 0.29) is 10.6 Å². The van der Waals surface area contributed by atoms with Crippen LogP contribution in [0.5, 0.6) is 0 Å². The molecular formula is C16H10ClF6N3. The number of hydrogen-bond acceptors (Lipinski definition) is 3. The van der Waals surface area contributed by atoms with Crippen LogP contribution >= 0.6 is 11.6 Å². The first-order chi connectivity index (χ1) is 12.0. The third-order valence-corrected chi connectivity index (χ3v) is 4.06. The van der Waals surface area contributed by atoms with E-state index in [0.717, 1.165) is 17.1 Å². The first kappa shape index (κ1) is 18.5. The predicted molar refractivity (Wildman–Crippen MR) is 84.9 cm³/mol. The molecule has 0 fully saturated rings. The maximum absolute atomic E-state index is 13.5.